The van der Waals surface area contributed by atoms with Crippen LogP contribution in [-0.2, 0) is 4.79 Å². The van der Waals surface area contributed by atoms with Gasteiger partial charge in [-0.05, 0) is 55.7 Å². The number of carbonyl (C=O) groups excluding carboxylic acids is 1. The van der Waals surface area contributed by atoms with Gasteiger partial charge >= 0.3 is 0 Å². The lowest BCUT2D eigenvalue weighted by atomic mass is 9.92. The molecule has 1 saturated carbocycles. The number of nitrogens with one attached hydrogen (secondary N) is 1. The van der Waals surface area contributed by atoms with Crippen LogP contribution in [0.1, 0.15) is 37.7 Å². The van der Waals surface area contributed by atoms with Gasteiger partial charge in [0, 0.05) is 23.3 Å². The minimum Gasteiger partial charge on any atom is -0.478 e. The maximum Gasteiger partial charge on any atom is 0.270 e. The van der Waals surface area contributed by atoms with Crippen molar-refractivity contribution in [2.45, 2.75) is 57.2 Å². The van der Waals surface area contributed by atoms with Gasteiger partial charge in [-0.15, -0.1) is 12.4 Å². The lowest BCUT2D eigenvalue weighted by molar-refractivity contribution is -0.134. The molecule has 4 rings (SSSR count). The van der Waals surface area contributed by atoms with Crippen LogP contribution in [0.2, 0.25) is 5.02 Å². The number of nitrogens with zero attached hydrogens (tertiary/aromatic N) is 1. The highest BCUT2D eigenvalue weighted by Gasteiger charge is 2.50. The Labute approximate surface area is 184 Å². The number of ether oxygens (including phenoxy) is 1. The molecule has 1 N–H and O–H groups in total. The van der Waals surface area contributed by atoms with E-state index in [1.54, 1.807) is 12.1 Å². The predicted molar refractivity (Wildman–Crippen MR) is 120 cm³/mol. The second-order valence-corrected chi connectivity index (χ2v) is 8.23. The van der Waals surface area contributed by atoms with Crippen LogP contribution in [0, 0.1) is 6.92 Å². The summed E-state index contributed by atoms with van der Waals surface area (Å²) >= 11 is 5.97. The van der Waals surface area contributed by atoms with Crippen LogP contribution >= 0.6 is 24.0 Å². The van der Waals surface area contributed by atoms with Crippen molar-refractivity contribution in [1.29, 1.82) is 0 Å². The van der Waals surface area contributed by atoms with Crippen LogP contribution in [0.15, 0.2) is 48.5 Å². The maximum atomic E-state index is 13.0. The van der Waals surface area contributed by atoms with Crippen LogP contribution < -0.4 is 15.0 Å². The van der Waals surface area contributed by atoms with E-state index in [9.17, 15) is 4.79 Å². The van der Waals surface area contributed by atoms with Gasteiger partial charge in [0.2, 0.25) is 0 Å². The second kappa shape index (κ2) is 9.84. The molecule has 2 aromatic rings. The fourth-order valence-corrected chi connectivity index (χ4v) is 4.36. The molecule has 0 bridgehead atoms. The van der Waals surface area contributed by atoms with Gasteiger partial charge in [0.15, 0.2) is 6.10 Å². The summed E-state index contributed by atoms with van der Waals surface area (Å²) in [6.07, 6.45) is 5.86. The molecule has 29 heavy (non-hydrogen) atoms. The normalized spacial score (nSPS) is 22.0. The van der Waals surface area contributed by atoms with E-state index in [4.69, 9.17) is 16.3 Å². The zero-order valence-electron chi connectivity index (χ0n) is 16.6. The summed E-state index contributed by atoms with van der Waals surface area (Å²) in [5, 5.41) is 4.35. The SMILES string of the molecule is Cc1ccccc1N1C(=O)C(Oc2ccc(Cl)cc2)C1CNC1CCCCC1.Cl. The van der Waals surface area contributed by atoms with Gasteiger partial charge in [0.1, 0.15) is 5.75 Å². The number of hydrogen-bond acceptors (Lipinski definition) is 3. The summed E-state index contributed by atoms with van der Waals surface area (Å²) in [5.74, 6) is 0.689. The van der Waals surface area contributed by atoms with E-state index in [1.807, 2.05) is 48.2 Å². The molecular weight excluding hydrogens is 407 g/mol. The van der Waals surface area contributed by atoms with Gasteiger partial charge in [-0.3, -0.25) is 4.79 Å². The highest BCUT2D eigenvalue weighted by Crippen LogP contribution is 2.33. The molecule has 1 aliphatic carbocycles. The first kappa shape index (κ1) is 21.9. The topological polar surface area (TPSA) is 41.6 Å². The Balaban J connectivity index is 0.00000240. The lowest BCUT2D eigenvalue weighted by Crippen LogP contribution is -2.70. The molecule has 1 saturated heterocycles. The first-order chi connectivity index (χ1) is 13.6. The number of β-lactam (4-membered cyclic amide) rings is 1. The summed E-state index contributed by atoms with van der Waals surface area (Å²) in [6.45, 7) is 2.78. The number of hydrogen-bond donors (Lipinski definition) is 1. The van der Waals surface area contributed by atoms with Gasteiger partial charge in [-0.25, -0.2) is 0 Å². The number of halogens is 2. The third-order valence-corrected chi connectivity index (χ3v) is 6.09. The average molecular weight is 435 g/mol. The molecule has 4 nitrogen and oxygen atoms in total. The monoisotopic (exact) mass is 434 g/mol. The van der Waals surface area contributed by atoms with E-state index >= 15 is 0 Å². The second-order valence-electron chi connectivity index (χ2n) is 7.80. The minimum absolute atomic E-state index is 0. The molecule has 1 amide bonds. The maximum absolute atomic E-state index is 13.0. The molecule has 2 fully saturated rings. The fourth-order valence-electron chi connectivity index (χ4n) is 4.23. The van der Waals surface area contributed by atoms with Crippen LogP contribution in [0.3, 0.4) is 0 Å². The Bertz CT molecular complexity index is 822. The predicted octanol–water partition coefficient (Wildman–Crippen LogP) is 5.16. The Kier molecular flexibility index (Phi) is 7.44. The van der Waals surface area contributed by atoms with Crippen molar-refractivity contribution in [1.82, 2.24) is 5.32 Å². The Morgan fingerprint density at radius 2 is 1.76 bits per heavy atom. The quantitative estimate of drug-likeness (QED) is 0.638. The molecule has 0 spiro atoms. The third kappa shape index (κ3) is 4.88. The standard InChI is InChI=1S/C23H27ClN2O2.ClH/c1-16-7-5-6-10-20(16)26-21(15-25-18-8-3-2-4-9-18)22(23(26)27)28-19-13-11-17(24)12-14-19;/h5-7,10-14,18,21-22,25H,2-4,8-9,15H2,1H3;1H. The molecule has 0 radical (unpaired) electrons. The third-order valence-electron chi connectivity index (χ3n) is 5.83. The van der Waals surface area contributed by atoms with Crippen molar-refractivity contribution in [3.05, 3.63) is 59.1 Å². The van der Waals surface area contributed by atoms with E-state index < -0.39 is 6.10 Å². The Morgan fingerprint density at radius 3 is 2.45 bits per heavy atom. The van der Waals surface area contributed by atoms with E-state index in [2.05, 4.69) is 5.32 Å². The fraction of sp³-hybridized carbons (Fsp3) is 0.435. The van der Waals surface area contributed by atoms with Gasteiger partial charge in [0.05, 0.1) is 6.04 Å². The zero-order valence-corrected chi connectivity index (χ0v) is 18.2. The Hall–Kier alpha value is -1.75. The van der Waals surface area contributed by atoms with Crippen molar-refractivity contribution in [2.24, 2.45) is 0 Å². The number of amides is 1. The van der Waals surface area contributed by atoms with E-state index in [-0.39, 0.29) is 24.4 Å². The largest absolute Gasteiger partial charge is 0.478 e. The molecular formula is C23H28Cl2N2O2. The zero-order chi connectivity index (χ0) is 19.5. The van der Waals surface area contributed by atoms with Crippen molar-refractivity contribution >= 4 is 35.6 Å². The first-order valence-corrected chi connectivity index (χ1v) is 10.6. The number of para-hydroxylation sites is 1. The molecule has 1 aliphatic heterocycles. The molecule has 2 atom stereocenters. The van der Waals surface area contributed by atoms with Gasteiger partial charge < -0.3 is 15.0 Å². The summed E-state index contributed by atoms with van der Waals surface area (Å²) in [4.78, 5) is 14.9. The molecule has 6 heteroatoms. The van der Waals surface area contributed by atoms with E-state index in [1.165, 1.54) is 32.1 Å². The van der Waals surface area contributed by atoms with Crippen molar-refractivity contribution in [2.75, 3.05) is 11.4 Å². The van der Waals surface area contributed by atoms with E-state index in [0.717, 1.165) is 17.8 Å². The van der Waals surface area contributed by atoms with Gasteiger partial charge in [0.25, 0.3) is 5.91 Å². The molecule has 2 aromatic carbocycles. The van der Waals surface area contributed by atoms with Crippen LogP contribution in [0.4, 0.5) is 5.69 Å². The summed E-state index contributed by atoms with van der Waals surface area (Å²) in [5.41, 5.74) is 2.07. The first-order valence-electron chi connectivity index (χ1n) is 10.2. The highest BCUT2D eigenvalue weighted by molar-refractivity contribution is 6.30. The van der Waals surface area contributed by atoms with Crippen molar-refractivity contribution < 1.29 is 9.53 Å². The van der Waals surface area contributed by atoms with Crippen molar-refractivity contribution in [3.8, 4) is 5.75 Å². The highest BCUT2D eigenvalue weighted by atomic mass is 35.5. The van der Waals surface area contributed by atoms with Crippen LogP contribution in [-0.4, -0.2) is 30.6 Å². The van der Waals surface area contributed by atoms with Crippen LogP contribution in [0.25, 0.3) is 0 Å². The number of aryl methyl sites for hydroxylation is 1. The van der Waals surface area contributed by atoms with Crippen LogP contribution in [0.5, 0.6) is 5.75 Å². The smallest absolute Gasteiger partial charge is 0.270 e. The van der Waals surface area contributed by atoms with Gasteiger partial charge in [-0.1, -0.05) is 49.1 Å². The summed E-state index contributed by atoms with van der Waals surface area (Å²) < 4.78 is 6.07. The molecule has 2 aliphatic rings. The average Bonchev–Trinajstić information content (AvgIpc) is 2.72. The van der Waals surface area contributed by atoms with Gasteiger partial charge in [-0.2, -0.15) is 0 Å². The minimum atomic E-state index is -0.475. The molecule has 0 aromatic heterocycles. The summed E-state index contributed by atoms with van der Waals surface area (Å²) in [6, 6.07) is 15.8. The van der Waals surface area contributed by atoms with E-state index in [0.29, 0.717) is 16.8 Å². The Morgan fingerprint density at radius 1 is 1.07 bits per heavy atom. The molecule has 2 unspecified atom stereocenters. The summed E-state index contributed by atoms with van der Waals surface area (Å²) in [7, 11) is 0. The lowest BCUT2D eigenvalue weighted by Gasteiger charge is -2.47. The number of carbonyl (C=O) groups is 1. The number of rotatable bonds is 6. The molecule has 1 heterocycles. The number of benzene rings is 2. The number of anilines is 1. The van der Waals surface area contributed by atoms with Crippen molar-refractivity contribution in [3.63, 3.8) is 0 Å². The molecule has 156 valence electrons.